The Hall–Kier alpha value is -1.92. The second kappa shape index (κ2) is 7.19. The zero-order valence-corrected chi connectivity index (χ0v) is 11.7. The van der Waals surface area contributed by atoms with Gasteiger partial charge in [0.25, 0.3) is 0 Å². The van der Waals surface area contributed by atoms with E-state index in [2.05, 4.69) is 5.32 Å². The molecule has 1 aliphatic rings. The maximum absolute atomic E-state index is 12.2. The number of ether oxygens (including phenoxy) is 1. The van der Waals surface area contributed by atoms with Gasteiger partial charge >= 0.3 is 5.97 Å². The molecule has 3 atom stereocenters. The van der Waals surface area contributed by atoms with Crippen LogP contribution in [-0.4, -0.2) is 35.7 Å². The third-order valence-corrected chi connectivity index (χ3v) is 3.56. The lowest BCUT2D eigenvalue weighted by molar-refractivity contribution is -0.138. The molecule has 2 rings (SSSR count). The maximum Gasteiger partial charge on any atom is 0.305 e. The van der Waals surface area contributed by atoms with E-state index >= 15 is 0 Å². The Morgan fingerprint density at radius 2 is 2.05 bits per heavy atom. The van der Waals surface area contributed by atoms with Gasteiger partial charge in [0.2, 0.25) is 5.91 Å². The fourth-order valence-electron chi connectivity index (χ4n) is 2.45. The highest BCUT2D eigenvalue weighted by Crippen LogP contribution is 2.22. The van der Waals surface area contributed by atoms with E-state index in [1.807, 2.05) is 18.2 Å². The number of hydrogen-bond acceptors (Lipinski definition) is 4. The van der Waals surface area contributed by atoms with E-state index in [0.717, 1.165) is 12.0 Å². The molecular weight excluding hydrogens is 272 g/mol. The van der Waals surface area contributed by atoms with Gasteiger partial charge in [-0.15, -0.1) is 0 Å². The van der Waals surface area contributed by atoms with Crippen LogP contribution < -0.4 is 11.1 Å². The molecule has 0 aliphatic carbocycles. The molecular formula is C15H20N2O4. The highest BCUT2D eigenvalue weighted by Gasteiger charge is 2.31. The van der Waals surface area contributed by atoms with Crippen LogP contribution in [-0.2, 0) is 14.3 Å². The van der Waals surface area contributed by atoms with Crippen LogP contribution in [0.15, 0.2) is 30.3 Å². The molecule has 1 amide bonds. The fraction of sp³-hybridized carbons (Fsp3) is 0.467. The molecule has 0 aromatic heterocycles. The van der Waals surface area contributed by atoms with Crippen LogP contribution in [0.3, 0.4) is 0 Å². The Morgan fingerprint density at radius 3 is 2.62 bits per heavy atom. The molecule has 1 saturated heterocycles. The number of carboxylic acids is 1. The molecule has 21 heavy (non-hydrogen) atoms. The number of carbonyl (C=O) groups excluding carboxylic acids is 1. The molecule has 3 unspecified atom stereocenters. The van der Waals surface area contributed by atoms with E-state index in [1.165, 1.54) is 0 Å². The average Bonchev–Trinajstić information content (AvgIpc) is 2.96. The predicted octanol–water partition coefficient (Wildman–Crippen LogP) is 0.825. The molecule has 1 heterocycles. The summed E-state index contributed by atoms with van der Waals surface area (Å²) >= 11 is 0. The number of carbonyl (C=O) groups is 2. The minimum Gasteiger partial charge on any atom is -0.481 e. The van der Waals surface area contributed by atoms with Gasteiger partial charge in [-0.25, -0.2) is 0 Å². The van der Waals surface area contributed by atoms with Gasteiger partial charge in [0.15, 0.2) is 0 Å². The van der Waals surface area contributed by atoms with Crippen LogP contribution in [0.25, 0.3) is 0 Å². The number of amides is 1. The van der Waals surface area contributed by atoms with Gasteiger partial charge in [-0.05, 0) is 18.4 Å². The molecule has 1 fully saturated rings. The van der Waals surface area contributed by atoms with E-state index in [1.54, 1.807) is 12.1 Å². The molecule has 0 saturated carbocycles. The summed E-state index contributed by atoms with van der Waals surface area (Å²) in [4.78, 5) is 23.2. The van der Waals surface area contributed by atoms with Crippen molar-refractivity contribution in [2.75, 3.05) is 6.54 Å². The van der Waals surface area contributed by atoms with Crippen LogP contribution in [0, 0.1) is 0 Å². The second-order valence-corrected chi connectivity index (χ2v) is 5.13. The zero-order chi connectivity index (χ0) is 15.2. The predicted molar refractivity (Wildman–Crippen MR) is 76.5 cm³/mol. The number of carboxylic acid groups (broad SMARTS) is 1. The van der Waals surface area contributed by atoms with Gasteiger partial charge in [0, 0.05) is 6.54 Å². The first-order chi connectivity index (χ1) is 10.1. The molecule has 4 N–H and O–H groups in total. The van der Waals surface area contributed by atoms with Crippen LogP contribution >= 0.6 is 0 Å². The molecule has 114 valence electrons. The Labute approximate surface area is 123 Å². The van der Waals surface area contributed by atoms with Crippen molar-refractivity contribution in [2.45, 2.75) is 37.5 Å². The lowest BCUT2D eigenvalue weighted by Crippen LogP contribution is -2.38. The topological polar surface area (TPSA) is 102 Å². The molecule has 0 radical (unpaired) electrons. The summed E-state index contributed by atoms with van der Waals surface area (Å²) in [6.45, 7) is 0.390. The Balaban J connectivity index is 2.02. The number of benzene rings is 1. The van der Waals surface area contributed by atoms with Crippen LogP contribution in [0.5, 0.6) is 0 Å². The molecule has 1 aromatic rings. The van der Waals surface area contributed by atoms with E-state index in [9.17, 15) is 9.59 Å². The standard InChI is InChI=1S/C15H20N2O4/c16-9-11-6-7-13(21-11)15(20)17-12(8-14(18)19)10-4-2-1-3-5-10/h1-5,11-13H,6-9,16H2,(H,17,20)(H,18,19). The number of nitrogens with one attached hydrogen (secondary N) is 1. The van der Waals surface area contributed by atoms with Crippen LogP contribution in [0.4, 0.5) is 0 Å². The highest BCUT2D eigenvalue weighted by atomic mass is 16.5. The van der Waals surface area contributed by atoms with Gasteiger partial charge in [-0.3, -0.25) is 9.59 Å². The van der Waals surface area contributed by atoms with Gasteiger partial charge in [-0.1, -0.05) is 30.3 Å². The van der Waals surface area contributed by atoms with Gasteiger partial charge in [-0.2, -0.15) is 0 Å². The Bertz CT molecular complexity index is 492. The summed E-state index contributed by atoms with van der Waals surface area (Å²) in [5.41, 5.74) is 6.29. The summed E-state index contributed by atoms with van der Waals surface area (Å²) < 4.78 is 5.53. The van der Waals surface area contributed by atoms with Crippen molar-refractivity contribution in [3.8, 4) is 0 Å². The lowest BCUT2D eigenvalue weighted by Gasteiger charge is -2.20. The van der Waals surface area contributed by atoms with Crippen molar-refractivity contribution in [2.24, 2.45) is 5.73 Å². The van der Waals surface area contributed by atoms with E-state index < -0.39 is 18.1 Å². The minimum atomic E-state index is -0.962. The third kappa shape index (κ3) is 4.27. The lowest BCUT2D eigenvalue weighted by atomic mass is 10.0. The first kappa shape index (κ1) is 15.5. The number of nitrogens with two attached hydrogens (primary N) is 1. The van der Waals surface area contributed by atoms with Gasteiger partial charge in [0.1, 0.15) is 6.10 Å². The first-order valence-electron chi connectivity index (χ1n) is 7.02. The molecule has 1 aliphatic heterocycles. The van der Waals surface area contributed by atoms with Crippen molar-refractivity contribution in [3.63, 3.8) is 0 Å². The molecule has 1 aromatic carbocycles. The number of hydrogen-bond donors (Lipinski definition) is 3. The van der Waals surface area contributed by atoms with Crippen molar-refractivity contribution >= 4 is 11.9 Å². The van der Waals surface area contributed by atoms with Gasteiger partial charge in [0.05, 0.1) is 18.6 Å². The maximum atomic E-state index is 12.2. The summed E-state index contributed by atoms with van der Waals surface area (Å²) in [5.74, 6) is -1.24. The van der Waals surface area contributed by atoms with Crippen LogP contribution in [0.2, 0.25) is 0 Å². The Kier molecular flexibility index (Phi) is 5.30. The highest BCUT2D eigenvalue weighted by molar-refractivity contribution is 5.82. The summed E-state index contributed by atoms with van der Waals surface area (Å²) in [6.07, 6.45) is 0.572. The third-order valence-electron chi connectivity index (χ3n) is 3.56. The first-order valence-corrected chi connectivity index (χ1v) is 7.02. The van der Waals surface area contributed by atoms with E-state index in [0.29, 0.717) is 13.0 Å². The summed E-state index contributed by atoms with van der Waals surface area (Å²) in [5, 5.41) is 11.8. The SMILES string of the molecule is NCC1CCC(C(=O)NC(CC(=O)O)c2ccccc2)O1. The molecule has 0 bridgehead atoms. The smallest absolute Gasteiger partial charge is 0.305 e. The monoisotopic (exact) mass is 292 g/mol. The Morgan fingerprint density at radius 1 is 1.33 bits per heavy atom. The quantitative estimate of drug-likeness (QED) is 0.720. The number of rotatable bonds is 6. The van der Waals surface area contributed by atoms with Crippen molar-refractivity contribution in [1.29, 1.82) is 0 Å². The van der Waals surface area contributed by atoms with Crippen molar-refractivity contribution in [3.05, 3.63) is 35.9 Å². The normalized spacial score (nSPS) is 22.7. The van der Waals surface area contributed by atoms with E-state index in [4.69, 9.17) is 15.6 Å². The second-order valence-electron chi connectivity index (χ2n) is 5.13. The van der Waals surface area contributed by atoms with Crippen molar-refractivity contribution in [1.82, 2.24) is 5.32 Å². The molecule has 6 heteroatoms. The summed E-state index contributed by atoms with van der Waals surface area (Å²) in [6, 6.07) is 8.50. The minimum absolute atomic E-state index is 0.0876. The average molecular weight is 292 g/mol. The fourth-order valence-corrected chi connectivity index (χ4v) is 2.45. The largest absolute Gasteiger partial charge is 0.481 e. The van der Waals surface area contributed by atoms with Crippen molar-refractivity contribution < 1.29 is 19.4 Å². The van der Waals surface area contributed by atoms with Gasteiger partial charge < -0.3 is 20.9 Å². The number of aliphatic carboxylic acids is 1. The molecule has 6 nitrogen and oxygen atoms in total. The zero-order valence-electron chi connectivity index (χ0n) is 11.7. The summed E-state index contributed by atoms with van der Waals surface area (Å²) in [7, 11) is 0. The van der Waals surface area contributed by atoms with E-state index in [-0.39, 0.29) is 18.4 Å². The van der Waals surface area contributed by atoms with Crippen LogP contribution in [0.1, 0.15) is 30.9 Å². The molecule has 0 spiro atoms.